The van der Waals surface area contributed by atoms with E-state index in [-0.39, 0.29) is 30.6 Å². The number of likely N-dealkylation sites (tertiary alicyclic amines) is 1. The van der Waals surface area contributed by atoms with Gasteiger partial charge in [0.05, 0.1) is 31.5 Å². The Labute approximate surface area is 431 Å². The molecule has 2 amide bonds. The number of amides is 2. The number of carbonyl (C=O) groups excluding carboxylic acids is 2. The third-order valence-electron chi connectivity index (χ3n) is 14.5. The number of allylic oxidation sites excluding steroid dienone is 8. The van der Waals surface area contributed by atoms with E-state index in [0.29, 0.717) is 39.0 Å². The highest BCUT2D eigenvalue weighted by atomic mass is 16.7. The van der Waals surface area contributed by atoms with Crippen molar-refractivity contribution < 1.29 is 29.3 Å². The fraction of sp³-hybridized carbons (Fsp3) is 0.836. The molecular formula is C61H111N3O6. The molecule has 4 atom stereocenters. The van der Waals surface area contributed by atoms with Crippen LogP contribution in [-0.2, 0) is 19.1 Å². The highest BCUT2D eigenvalue weighted by Gasteiger charge is 2.40. The Morgan fingerprint density at radius 1 is 0.614 bits per heavy atom. The first-order valence-corrected chi connectivity index (χ1v) is 29.8. The highest BCUT2D eigenvalue weighted by Crippen LogP contribution is 2.36. The van der Waals surface area contributed by atoms with E-state index in [9.17, 15) is 19.8 Å². The number of rotatable bonds is 48. The molecule has 2 fully saturated rings. The number of nitrogens with one attached hydrogen (secondary N) is 1. The van der Waals surface area contributed by atoms with Crippen LogP contribution in [-0.4, -0.2) is 102 Å². The van der Waals surface area contributed by atoms with E-state index < -0.39 is 11.9 Å². The van der Waals surface area contributed by atoms with Crippen molar-refractivity contribution in [2.45, 2.75) is 282 Å². The molecule has 2 rings (SSSR count). The smallest absolute Gasteiger partial charge is 0.222 e. The monoisotopic (exact) mass is 982 g/mol. The lowest BCUT2D eigenvalue weighted by molar-refractivity contribution is -0.180. The van der Waals surface area contributed by atoms with Crippen LogP contribution in [0.2, 0.25) is 0 Å². The second kappa shape index (κ2) is 45.3. The molecule has 0 saturated carbocycles. The fourth-order valence-corrected chi connectivity index (χ4v) is 9.99. The summed E-state index contributed by atoms with van der Waals surface area (Å²) in [6.45, 7) is 8.11. The van der Waals surface area contributed by atoms with Crippen LogP contribution < -0.4 is 5.32 Å². The normalized spacial score (nSPS) is 19.7. The van der Waals surface area contributed by atoms with Gasteiger partial charge < -0.3 is 34.8 Å². The van der Waals surface area contributed by atoms with Gasteiger partial charge in [-0.1, -0.05) is 165 Å². The first kappa shape index (κ1) is 63.8. The number of unbranched alkanes of at least 4 members (excludes halogenated alkanes) is 24. The van der Waals surface area contributed by atoms with E-state index in [1.165, 1.54) is 154 Å². The topological polar surface area (TPSA) is 112 Å². The molecule has 0 aromatic rings. The second-order valence-electron chi connectivity index (χ2n) is 21.2. The zero-order valence-electron chi connectivity index (χ0n) is 45.9. The van der Waals surface area contributed by atoms with Gasteiger partial charge in [-0.15, -0.1) is 0 Å². The Balaban J connectivity index is 1.60. The number of hydrogen-bond acceptors (Lipinski definition) is 7. The van der Waals surface area contributed by atoms with Gasteiger partial charge in [0.15, 0.2) is 5.79 Å². The quantitative estimate of drug-likeness (QED) is 0.0411. The molecule has 0 spiro atoms. The number of aliphatic hydroxyl groups is 2. The van der Waals surface area contributed by atoms with Crippen molar-refractivity contribution in [1.29, 1.82) is 0 Å². The number of hydrogen-bond donors (Lipinski definition) is 3. The molecule has 0 bridgehead atoms. The molecule has 2 aliphatic rings. The number of ether oxygens (including phenoxy) is 2. The van der Waals surface area contributed by atoms with Crippen LogP contribution in [0, 0.1) is 0 Å². The van der Waals surface area contributed by atoms with Crippen LogP contribution in [0.3, 0.4) is 0 Å². The Morgan fingerprint density at radius 2 is 1.10 bits per heavy atom. The molecule has 9 heteroatoms. The van der Waals surface area contributed by atoms with Crippen molar-refractivity contribution in [2.75, 3.05) is 46.4 Å². The Bertz CT molecular complexity index is 1350. The summed E-state index contributed by atoms with van der Waals surface area (Å²) < 4.78 is 13.5. The zero-order chi connectivity index (χ0) is 50.4. The molecule has 3 N–H and O–H groups in total. The summed E-state index contributed by atoms with van der Waals surface area (Å²) in [6, 6.07) is -0.262. The molecular weight excluding hydrogens is 871 g/mol. The van der Waals surface area contributed by atoms with Crippen LogP contribution >= 0.6 is 0 Å². The maximum Gasteiger partial charge on any atom is 0.222 e. The van der Waals surface area contributed by atoms with Gasteiger partial charge in [-0.3, -0.25) is 9.59 Å². The summed E-state index contributed by atoms with van der Waals surface area (Å²) in [7, 11) is 2.21. The Kier molecular flexibility index (Phi) is 41.3. The number of β-amino-alcohol motifs (C(OH)–C–C–N with tert-alkyl or cyclic N) is 1. The van der Waals surface area contributed by atoms with Crippen LogP contribution in [0.5, 0.6) is 0 Å². The molecule has 0 aromatic carbocycles. The summed E-state index contributed by atoms with van der Waals surface area (Å²) in [5, 5.41) is 22.4. The zero-order valence-corrected chi connectivity index (χ0v) is 45.9. The lowest BCUT2D eigenvalue weighted by atomic mass is 9.98. The predicted octanol–water partition coefficient (Wildman–Crippen LogP) is 14.8. The lowest BCUT2D eigenvalue weighted by Crippen LogP contribution is -2.37. The summed E-state index contributed by atoms with van der Waals surface area (Å²) in [5.41, 5.74) is 0. The van der Waals surface area contributed by atoms with Crippen molar-refractivity contribution in [3.8, 4) is 0 Å². The van der Waals surface area contributed by atoms with Crippen molar-refractivity contribution >= 4 is 11.8 Å². The summed E-state index contributed by atoms with van der Waals surface area (Å²) in [5.74, 6) is -0.291. The van der Waals surface area contributed by atoms with E-state index in [1.54, 1.807) is 4.90 Å². The first-order valence-electron chi connectivity index (χ1n) is 29.8. The standard InChI is InChI=1S/C61H111N3O6/c1-4-6-8-10-12-14-16-18-20-22-23-25-27-29-31-33-35-41-48-61(47-40-34-32-30-28-26-24-21-19-17-15-13-11-9-7-5-2)69-55-58(70-61)46-51-63(3)50-43-37-38-44-59(67)62-49-42-36-39-45-60(68)64-53-57(66)52-56(64)54-65/h12-15,18-21,56-58,65-66H,4-11,16-17,22-55H2,1-3H3,(H,62,67)/b14-12-,15-13-,20-18-,21-19-/t56-,57+,58?,61?/m0/s1. The van der Waals surface area contributed by atoms with Crippen molar-refractivity contribution in [2.24, 2.45) is 0 Å². The van der Waals surface area contributed by atoms with Crippen LogP contribution in [0.4, 0.5) is 0 Å². The molecule has 2 aliphatic heterocycles. The number of aliphatic hydroxyl groups excluding tert-OH is 2. The van der Waals surface area contributed by atoms with E-state index in [1.807, 2.05) is 0 Å². The molecule has 0 radical (unpaired) electrons. The van der Waals surface area contributed by atoms with Crippen LogP contribution in [0.15, 0.2) is 48.6 Å². The lowest BCUT2D eigenvalue weighted by Gasteiger charge is -2.29. The summed E-state index contributed by atoms with van der Waals surface area (Å²) >= 11 is 0. The molecule has 2 unspecified atom stereocenters. The number of nitrogens with zero attached hydrogens (tertiary/aromatic N) is 2. The van der Waals surface area contributed by atoms with Gasteiger partial charge in [-0.25, -0.2) is 0 Å². The van der Waals surface area contributed by atoms with Crippen molar-refractivity contribution in [3.05, 3.63) is 48.6 Å². The van der Waals surface area contributed by atoms with Gasteiger partial charge in [0.2, 0.25) is 11.8 Å². The van der Waals surface area contributed by atoms with Crippen LogP contribution in [0.25, 0.3) is 0 Å². The van der Waals surface area contributed by atoms with Gasteiger partial charge in [0, 0.05) is 45.3 Å². The van der Waals surface area contributed by atoms with Crippen LogP contribution in [0.1, 0.15) is 258 Å². The molecule has 70 heavy (non-hydrogen) atoms. The van der Waals surface area contributed by atoms with E-state index in [4.69, 9.17) is 9.47 Å². The molecule has 0 aromatic heterocycles. The van der Waals surface area contributed by atoms with Gasteiger partial charge in [0.1, 0.15) is 0 Å². The van der Waals surface area contributed by atoms with Gasteiger partial charge in [0.25, 0.3) is 0 Å². The average molecular weight is 983 g/mol. The van der Waals surface area contributed by atoms with Gasteiger partial charge in [-0.2, -0.15) is 0 Å². The Morgan fingerprint density at radius 3 is 1.64 bits per heavy atom. The third-order valence-corrected chi connectivity index (χ3v) is 14.5. The highest BCUT2D eigenvalue weighted by molar-refractivity contribution is 5.77. The molecule has 406 valence electrons. The minimum Gasteiger partial charge on any atom is -0.394 e. The SMILES string of the molecule is CCCCC/C=C\C/C=C\CCCCCCCCCCC1(CCCCCCCC/C=C\C/C=C\CCCCC)OCC(CCN(C)CCCCCC(=O)NCCCCCC(=O)N2C[C@H](O)C[C@H]2CO)O1. The molecule has 9 nitrogen and oxygen atoms in total. The van der Waals surface area contributed by atoms with Crippen molar-refractivity contribution in [3.63, 3.8) is 0 Å². The second-order valence-corrected chi connectivity index (χ2v) is 21.2. The minimum atomic E-state index is -0.539. The third kappa shape index (κ3) is 35.0. The van der Waals surface area contributed by atoms with E-state index in [0.717, 1.165) is 83.7 Å². The molecule has 0 aliphatic carbocycles. The predicted molar refractivity (Wildman–Crippen MR) is 296 cm³/mol. The van der Waals surface area contributed by atoms with Gasteiger partial charge in [-0.05, 0) is 129 Å². The number of carbonyl (C=O) groups is 2. The summed E-state index contributed by atoms with van der Waals surface area (Å²) in [6.07, 6.45) is 61.5. The average Bonchev–Trinajstić information content (AvgIpc) is 3.96. The maximum atomic E-state index is 12.5. The fourth-order valence-electron chi connectivity index (χ4n) is 9.99. The maximum absolute atomic E-state index is 12.5. The van der Waals surface area contributed by atoms with Gasteiger partial charge >= 0.3 is 0 Å². The molecule has 2 heterocycles. The minimum absolute atomic E-state index is 0.000668. The summed E-state index contributed by atoms with van der Waals surface area (Å²) in [4.78, 5) is 28.9. The molecule has 2 saturated heterocycles. The van der Waals surface area contributed by atoms with E-state index in [2.05, 4.69) is 79.7 Å². The first-order chi connectivity index (χ1) is 34.3. The largest absolute Gasteiger partial charge is 0.394 e. The Hall–Kier alpha value is -2.30. The van der Waals surface area contributed by atoms with Crippen molar-refractivity contribution in [1.82, 2.24) is 15.1 Å². The van der Waals surface area contributed by atoms with E-state index >= 15 is 0 Å².